The number of aryl methyl sites for hydroxylation is 2. The summed E-state index contributed by atoms with van der Waals surface area (Å²) in [5.41, 5.74) is 7.01. The van der Waals surface area contributed by atoms with E-state index in [1.165, 1.54) is 28.9 Å². The van der Waals surface area contributed by atoms with Crippen LogP contribution in [0.5, 0.6) is 0 Å². The van der Waals surface area contributed by atoms with Crippen LogP contribution in [0.2, 0.25) is 0 Å². The summed E-state index contributed by atoms with van der Waals surface area (Å²) in [7, 11) is 0. The van der Waals surface area contributed by atoms with E-state index in [0.29, 0.717) is 6.04 Å². The fraction of sp³-hybridized carbons (Fsp3) is 0.571. The minimum Gasteiger partial charge on any atom is -0.271 e. The Morgan fingerprint density at radius 3 is 2.65 bits per heavy atom. The zero-order valence-corrected chi connectivity index (χ0v) is 11.9. The van der Waals surface area contributed by atoms with E-state index in [1.54, 1.807) is 0 Å². The molecule has 0 aliphatic heterocycles. The van der Waals surface area contributed by atoms with E-state index in [9.17, 15) is 0 Å². The molecule has 0 aliphatic rings. The molecule has 2 nitrogen and oxygen atoms in total. The largest absolute Gasteiger partial charge is 0.271 e. The maximum Gasteiger partial charge on any atom is 0.0341 e. The van der Waals surface area contributed by atoms with Gasteiger partial charge in [-0.15, -0.1) is 0 Å². The van der Waals surface area contributed by atoms with E-state index in [-0.39, 0.29) is 0 Å². The van der Waals surface area contributed by atoms with Crippen molar-refractivity contribution in [1.82, 2.24) is 5.43 Å². The summed E-state index contributed by atoms with van der Waals surface area (Å²) in [6.07, 6.45) is 2.24. The lowest BCUT2D eigenvalue weighted by molar-refractivity contribution is 0.575. The first-order valence-corrected chi connectivity index (χ1v) is 7.42. The molecule has 3 N–H and O–H groups in total. The third-order valence-electron chi connectivity index (χ3n) is 2.96. The minimum atomic E-state index is 0.369. The second-order valence-electron chi connectivity index (χ2n) is 4.56. The van der Waals surface area contributed by atoms with Gasteiger partial charge in [0, 0.05) is 11.8 Å². The molecule has 3 heteroatoms. The van der Waals surface area contributed by atoms with E-state index in [1.807, 2.05) is 11.8 Å². The Balaban J connectivity index is 2.51. The molecule has 0 fully saturated rings. The second-order valence-corrected chi connectivity index (χ2v) is 5.71. The molecule has 1 rings (SSSR count). The number of hydrogen-bond acceptors (Lipinski definition) is 3. The van der Waals surface area contributed by atoms with Gasteiger partial charge in [0.15, 0.2) is 0 Å². The van der Waals surface area contributed by atoms with Crippen LogP contribution in [0.15, 0.2) is 18.2 Å². The fourth-order valence-corrected chi connectivity index (χ4v) is 2.70. The van der Waals surface area contributed by atoms with Gasteiger partial charge in [-0.1, -0.05) is 25.1 Å². The fourth-order valence-electron chi connectivity index (χ4n) is 1.75. The number of nitrogens with one attached hydrogen (secondary N) is 1. The molecule has 1 unspecified atom stereocenters. The van der Waals surface area contributed by atoms with Crippen LogP contribution in [0.1, 0.15) is 30.0 Å². The highest BCUT2D eigenvalue weighted by molar-refractivity contribution is 7.99. The van der Waals surface area contributed by atoms with Crippen molar-refractivity contribution < 1.29 is 0 Å². The molecule has 0 amide bonds. The second kappa shape index (κ2) is 7.75. The Kier molecular flexibility index (Phi) is 6.63. The molecule has 1 atom stereocenters. The summed E-state index contributed by atoms with van der Waals surface area (Å²) < 4.78 is 0. The van der Waals surface area contributed by atoms with Crippen molar-refractivity contribution in [1.29, 1.82) is 0 Å². The molecular formula is C14H24N2S. The summed E-state index contributed by atoms with van der Waals surface area (Å²) in [6.45, 7) is 6.52. The van der Waals surface area contributed by atoms with Crippen molar-refractivity contribution in [3.05, 3.63) is 34.9 Å². The smallest absolute Gasteiger partial charge is 0.0341 e. The maximum atomic E-state index is 5.61. The molecule has 0 saturated heterocycles. The molecule has 17 heavy (non-hydrogen) atoms. The first-order chi connectivity index (χ1) is 8.17. The number of hydrogen-bond donors (Lipinski definition) is 2. The van der Waals surface area contributed by atoms with Crippen molar-refractivity contribution in [2.75, 3.05) is 11.5 Å². The van der Waals surface area contributed by atoms with Crippen molar-refractivity contribution >= 4 is 11.8 Å². The average Bonchev–Trinajstić information content (AvgIpc) is 2.32. The quantitative estimate of drug-likeness (QED) is 0.445. The van der Waals surface area contributed by atoms with Gasteiger partial charge in [0.1, 0.15) is 0 Å². The Morgan fingerprint density at radius 2 is 2.06 bits per heavy atom. The van der Waals surface area contributed by atoms with Gasteiger partial charge in [0.2, 0.25) is 0 Å². The van der Waals surface area contributed by atoms with E-state index in [2.05, 4.69) is 44.4 Å². The highest BCUT2D eigenvalue weighted by atomic mass is 32.2. The molecule has 0 heterocycles. The summed E-state index contributed by atoms with van der Waals surface area (Å²) in [5, 5.41) is 0. The van der Waals surface area contributed by atoms with Crippen LogP contribution in [-0.4, -0.2) is 17.5 Å². The van der Waals surface area contributed by atoms with Crippen molar-refractivity contribution in [2.45, 2.75) is 39.7 Å². The minimum absolute atomic E-state index is 0.369. The topological polar surface area (TPSA) is 38.0 Å². The first-order valence-electron chi connectivity index (χ1n) is 6.27. The van der Waals surface area contributed by atoms with Crippen molar-refractivity contribution in [3.8, 4) is 0 Å². The van der Waals surface area contributed by atoms with Gasteiger partial charge in [0.05, 0.1) is 0 Å². The maximum absolute atomic E-state index is 5.61. The number of rotatable bonds is 7. The first kappa shape index (κ1) is 14.6. The van der Waals surface area contributed by atoms with Gasteiger partial charge >= 0.3 is 0 Å². The molecular weight excluding hydrogens is 228 g/mol. The van der Waals surface area contributed by atoms with Gasteiger partial charge in [-0.05, 0) is 49.1 Å². The van der Waals surface area contributed by atoms with E-state index in [0.717, 1.165) is 12.2 Å². The lowest BCUT2D eigenvalue weighted by Gasteiger charge is -2.16. The molecule has 0 aromatic heterocycles. The third-order valence-corrected chi connectivity index (χ3v) is 4.29. The van der Waals surface area contributed by atoms with Crippen LogP contribution in [0.3, 0.4) is 0 Å². The lowest BCUT2D eigenvalue weighted by atomic mass is 10.0. The summed E-state index contributed by atoms with van der Waals surface area (Å²) in [6, 6.07) is 7.03. The SMILES string of the molecule is CCCSCC(Cc1ccc(C)c(C)c1)NN. The number of benzene rings is 1. The zero-order valence-electron chi connectivity index (χ0n) is 11.1. The number of thioether (sulfide) groups is 1. The monoisotopic (exact) mass is 252 g/mol. The number of hydrazine groups is 1. The van der Waals surface area contributed by atoms with Gasteiger partial charge in [0.25, 0.3) is 0 Å². The Hall–Kier alpha value is -0.510. The van der Waals surface area contributed by atoms with Gasteiger partial charge in [-0.25, -0.2) is 0 Å². The molecule has 0 bridgehead atoms. The van der Waals surface area contributed by atoms with Crippen molar-refractivity contribution in [2.24, 2.45) is 5.84 Å². The number of nitrogens with two attached hydrogens (primary N) is 1. The van der Waals surface area contributed by atoms with Crippen LogP contribution in [-0.2, 0) is 6.42 Å². The Morgan fingerprint density at radius 1 is 1.29 bits per heavy atom. The average molecular weight is 252 g/mol. The third kappa shape index (κ3) is 5.11. The molecule has 0 spiro atoms. The van der Waals surface area contributed by atoms with Gasteiger partial charge in [-0.3, -0.25) is 11.3 Å². The summed E-state index contributed by atoms with van der Waals surface area (Å²) in [5.74, 6) is 7.90. The summed E-state index contributed by atoms with van der Waals surface area (Å²) >= 11 is 1.97. The zero-order chi connectivity index (χ0) is 12.7. The van der Waals surface area contributed by atoms with Crippen LogP contribution < -0.4 is 11.3 Å². The summed E-state index contributed by atoms with van der Waals surface area (Å²) in [4.78, 5) is 0. The highest BCUT2D eigenvalue weighted by Gasteiger charge is 2.08. The van der Waals surface area contributed by atoms with Crippen LogP contribution in [0.25, 0.3) is 0 Å². The molecule has 0 aliphatic carbocycles. The lowest BCUT2D eigenvalue weighted by Crippen LogP contribution is -2.38. The molecule has 0 saturated carbocycles. The van der Waals surface area contributed by atoms with Crippen LogP contribution in [0.4, 0.5) is 0 Å². The standard InChI is InChI=1S/C14H24N2S/c1-4-7-17-10-14(16-15)9-13-6-5-11(2)12(3)8-13/h5-6,8,14,16H,4,7,9-10,15H2,1-3H3. The molecule has 1 aromatic carbocycles. The van der Waals surface area contributed by atoms with Crippen LogP contribution in [0, 0.1) is 13.8 Å². The highest BCUT2D eigenvalue weighted by Crippen LogP contribution is 2.13. The Bertz CT molecular complexity index is 339. The molecule has 0 radical (unpaired) electrons. The molecule has 1 aromatic rings. The predicted molar refractivity (Wildman–Crippen MR) is 78.3 cm³/mol. The van der Waals surface area contributed by atoms with Crippen molar-refractivity contribution in [3.63, 3.8) is 0 Å². The Labute approximate surface area is 109 Å². The van der Waals surface area contributed by atoms with Crippen LogP contribution >= 0.6 is 11.8 Å². The molecule has 96 valence electrons. The van der Waals surface area contributed by atoms with E-state index >= 15 is 0 Å². The predicted octanol–water partition coefficient (Wildman–Crippen LogP) is 2.82. The van der Waals surface area contributed by atoms with E-state index < -0.39 is 0 Å². The van der Waals surface area contributed by atoms with Gasteiger partial charge < -0.3 is 0 Å². The van der Waals surface area contributed by atoms with Gasteiger partial charge in [-0.2, -0.15) is 11.8 Å². The van der Waals surface area contributed by atoms with E-state index in [4.69, 9.17) is 5.84 Å². The normalized spacial score (nSPS) is 12.7.